The highest BCUT2D eigenvalue weighted by molar-refractivity contribution is 6.24. The smallest absolute Gasteiger partial charge is 0.202 e. The van der Waals surface area contributed by atoms with Gasteiger partial charge >= 0.3 is 0 Å². The number of rotatable bonds is 1. The van der Waals surface area contributed by atoms with Gasteiger partial charge in [-0.2, -0.15) is 0 Å². The number of nitrogens with two attached hydrogens (primary N) is 1. The third-order valence-corrected chi connectivity index (χ3v) is 5.85. The van der Waals surface area contributed by atoms with E-state index in [1.54, 1.807) is 18.3 Å². The Morgan fingerprint density at radius 3 is 2.70 bits per heavy atom. The number of aliphatic hydroxyl groups excluding tert-OH is 2. The van der Waals surface area contributed by atoms with Crippen LogP contribution in [0.25, 0.3) is 5.76 Å². The van der Waals surface area contributed by atoms with Crippen LogP contribution in [0.15, 0.2) is 35.2 Å². The fourth-order valence-electron chi connectivity index (χ4n) is 4.52. The van der Waals surface area contributed by atoms with Gasteiger partial charge in [0.15, 0.2) is 17.2 Å². The van der Waals surface area contributed by atoms with Crippen LogP contribution >= 0.6 is 0 Å². The van der Waals surface area contributed by atoms with E-state index in [1.165, 1.54) is 0 Å². The molecule has 4 rings (SSSR count). The molecule has 4 atom stereocenters. The van der Waals surface area contributed by atoms with Crippen LogP contribution in [-0.2, 0) is 20.8 Å². The Morgan fingerprint density at radius 1 is 1.33 bits per heavy atom. The maximum absolute atomic E-state index is 13.2. The van der Waals surface area contributed by atoms with Crippen molar-refractivity contribution in [3.8, 4) is 0 Å². The molecular formula is C19H18N2O6. The monoisotopic (exact) mass is 370 g/mol. The summed E-state index contributed by atoms with van der Waals surface area (Å²) >= 11 is 0. The minimum Gasteiger partial charge on any atom is -0.508 e. The molecule has 1 fully saturated rings. The largest absolute Gasteiger partial charge is 0.508 e. The lowest BCUT2D eigenvalue weighted by Gasteiger charge is -2.48. The summed E-state index contributed by atoms with van der Waals surface area (Å²) in [5, 5.41) is 32.3. The van der Waals surface area contributed by atoms with Gasteiger partial charge in [-0.25, -0.2) is 0 Å². The second-order valence-corrected chi connectivity index (χ2v) is 7.27. The lowest BCUT2D eigenvalue weighted by Crippen LogP contribution is -2.64. The van der Waals surface area contributed by atoms with E-state index in [1.807, 2.05) is 0 Å². The predicted molar refractivity (Wildman–Crippen MR) is 92.4 cm³/mol. The normalized spacial score (nSPS) is 32.8. The lowest BCUT2D eigenvalue weighted by atomic mass is 9.58. The van der Waals surface area contributed by atoms with E-state index in [4.69, 9.17) is 5.73 Å². The third-order valence-electron chi connectivity index (χ3n) is 5.85. The number of carbonyl (C=O) groups is 3. The number of ketones is 3. The molecule has 1 aromatic rings. The minimum absolute atomic E-state index is 0.0368. The van der Waals surface area contributed by atoms with Crippen LogP contribution in [0.2, 0.25) is 0 Å². The molecule has 0 aliphatic heterocycles. The zero-order valence-electron chi connectivity index (χ0n) is 14.5. The SMILES string of the molecule is CC(=O)C1=C(O)[C@@]2(O)C(=O)C3=C(O)c4cccnc4C[C@H]3C[C@H]2[C@H](N)C1=O. The van der Waals surface area contributed by atoms with Crippen LogP contribution in [0.3, 0.4) is 0 Å². The van der Waals surface area contributed by atoms with Gasteiger partial charge in [-0.05, 0) is 37.8 Å². The summed E-state index contributed by atoms with van der Waals surface area (Å²) in [6, 6.07) is 1.90. The average molecular weight is 370 g/mol. The molecule has 3 aliphatic carbocycles. The van der Waals surface area contributed by atoms with Crippen molar-refractivity contribution >= 4 is 23.1 Å². The Morgan fingerprint density at radius 2 is 2.04 bits per heavy atom. The Labute approximate surface area is 154 Å². The zero-order chi connectivity index (χ0) is 19.7. The molecule has 3 aliphatic rings. The van der Waals surface area contributed by atoms with Gasteiger partial charge < -0.3 is 21.1 Å². The van der Waals surface area contributed by atoms with Gasteiger partial charge in [0, 0.05) is 23.3 Å². The van der Waals surface area contributed by atoms with E-state index in [2.05, 4.69) is 4.98 Å². The number of nitrogens with zero attached hydrogens (tertiary/aromatic N) is 1. The van der Waals surface area contributed by atoms with Gasteiger partial charge in [0.25, 0.3) is 0 Å². The number of hydrogen-bond donors (Lipinski definition) is 4. The van der Waals surface area contributed by atoms with E-state index in [0.29, 0.717) is 17.7 Å². The average Bonchev–Trinajstić information content (AvgIpc) is 2.62. The molecule has 140 valence electrons. The number of carbonyl (C=O) groups excluding carboxylic acids is 3. The number of Topliss-reactive ketones (excluding diaryl/α,β-unsaturated/α-hetero) is 3. The van der Waals surface area contributed by atoms with Crippen LogP contribution < -0.4 is 5.73 Å². The van der Waals surface area contributed by atoms with Gasteiger partial charge in [-0.1, -0.05) is 0 Å². The van der Waals surface area contributed by atoms with Gasteiger partial charge in [-0.3, -0.25) is 19.4 Å². The molecule has 1 aromatic heterocycles. The van der Waals surface area contributed by atoms with Crippen molar-refractivity contribution in [1.29, 1.82) is 0 Å². The first kappa shape index (κ1) is 17.6. The summed E-state index contributed by atoms with van der Waals surface area (Å²) in [4.78, 5) is 41.7. The van der Waals surface area contributed by atoms with Crippen LogP contribution in [0, 0.1) is 11.8 Å². The molecule has 8 nitrogen and oxygen atoms in total. The van der Waals surface area contributed by atoms with E-state index in [9.17, 15) is 29.7 Å². The van der Waals surface area contributed by atoms with Crippen molar-refractivity contribution in [2.75, 3.05) is 0 Å². The summed E-state index contributed by atoms with van der Waals surface area (Å²) < 4.78 is 0. The number of aromatic nitrogens is 1. The van der Waals surface area contributed by atoms with Crippen LogP contribution in [-0.4, -0.2) is 49.3 Å². The van der Waals surface area contributed by atoms with Crippen molar-refractivity contribution in [3.05, 3.63) is 46.5 Å². The van der Waals surface area contributed by atoms with Crippen LogP contribution in [0.1, 0.15) is 24.6 Å². The second kappa shape index (κ2) is 5.58. The van der Waals surface area contributed by atoms with Gasteiger partial charge in [0.1, 0.15) is 17.1 Å². The standard InChI is InChI=1S/C19H18N2O6/c1-7(22)12-16(24)14(20)10-5-8-6-11-9(3-2-4-21-11)15(23)13(8)18(26)19(10,27)17(12)25/h2-4,8,10,14,23,25,27H,5-6,20H2,1H3/t8-,10+,14+,19-/m1/s1. The molecule has 5 N–H and O–H groups in total. The Hall–Kier alpha value is -2.84. The molecule has 0 bridgehead atoms. The fourth-order valence-corrected chi connectivity index (χ4v) is 4.52. The molecule has 0 spiro atoms. The summed E-state index contributed by atoms with van der Waals surface area (Å²) in [6.07, 6.45) is 1.99. The van der Waals surface area contributed by atoms with E-state index >= 15 is 0 Å². The third kappa shape index (κ3) is 2.11. The van der Waals surface area contributed by atoms with E-state index < -0.39 is 52.2 Å². The second-order valence-electron chi connectivity index (χ2n) is 7.27. The molecule has 0 saturated heterocycles. The summed E-state index contributed by atoms with van der Waals surface area (Å²) in [6.45, 7) is 1.05. The Kier molecular flexibility index (Phi) is 3.63. The van der Waals surface area contributed by atoms with E-state index in [0.717, 1.165) is 6.92 Å². The van der Waals surface area contributed by atoms with Gasteiger partial charge in [0.2, 0.25) is 5.78 Å². The number of fused-ring (bicyclic) bond motifs is 3. The molecule has 0 unspecified atom stereocenters. The van der Waals surface area contributed by atoms with Crippen LogP contribution in [0.5, 0.6) is 0 Å². The Bertz CT molecular complexity index is 978. The van der Waals surface area contributed by atoms with Gasteiger partial charge in [0.05, 0.1) is 11.7 Å². The zero-order valence-corrected chi connectivity index (χ0v) is 14.5. The Balaban J connectivity index is 1.95. The molecule has 8 heteroatoms. The first-order valence-electron chi connectivity index (χ1n) is 8.58. The topological polar surface area (TPSA) is 151 Å². The number of aliphatic hydroxyl groups is 3. The summed E-state index contributed by atoms with van der Waals surface area (Å²) in [7, 11) is 0. The maximum atomic E-state index is 13.2. The minimum atomic E-state index is -2.52. The molecule has 27 heavy (non-hydrogen) atoms. The van der Waals surface area contributed by atoms with Crippen molar-refractivity contribution < 1.29 is 29.7 Å². The van der Waals surface area contributed by atoms with Crippen molar-refractivity contribution in [3.63, 3.8) is 0 Å². The highest BCUT2D eigenvalue weighted by Crippen LogP contribution is 2.50. The first-order valence-corrected chi connectivity index (χ1v) is 8.58. The van der Waals surface area contributed by atoms with Crippen molar-refractivity contribution in [2.24, 2.45) is 17.6 Å². The molecule has 0 amide bonds. The molecule has 1 heterocycles. The quantitative estimate of drug-likeness (QED) is 0.510. The van der Waals surface area contributed by atoms with Crippen LogP contribution in [0.4, 0.5) is 0 Å². The van der Waals surface area contributed by atoms with E-state index in [-0.39, 0.29) is 17.8 Å². The maximum Gasteiger partial charge on any atom is 0.202 e. The first-order chi connectivity index (χ1) is 12.7. The molecular weight excluding hydrogens is 352 g/mol. The molecule has 0 aromatic carbocycles. The van der Waals surface area contributed by atoms with Crippen molar-refractivity contribution in [1.82, 2.24) is 4.98 Å². The summed E-state index contributed by atoms with van der Waals surface area (Å²) in [5.41, 5.74) is 3.73. The summed E-state index contributed by atoms with van der Waals surface area (Å²) in [5.74, 6) is -5.42. The molecule has 1 saturated carbocycles. The number of hydrogen-bond acceptors (Lipinski definition) is 8. The van der Waals surface area contributed by atoms with Crippen molar-refractivity contribution in [2.45, 2.75) is 31.4 Å². The predicted octanol–water partition coefficient (Wildman–Crippen LogP) is 0.154. The fraction of sp³-hybridized carbons (Fsp3) is 0.368. The molecule has 0 radical (unpaired) electrons. The van der Waals surface area contributed by atoms with Gasteiger partial charge in [-0.15, -0.1) is 0 Å². The highest BCUT2D eigenvalue weighted by Gasteiger charge is 2.62. The number of pyridine rings is 1. The lowest BCUT2D eigenvalue weighted by molar-refractivity contribution is -0.149. The highest BCUT2D eigenvalue weighted by atomic mass is 16.3.